The molecule has 19 heavy (non-hydrogen) atoms. The van der Waals surface area contributed by atoms with Crippen molar-refractivity contribution in [3.8, 4) is 0 Å². The summed E-state index contributed by atoms with van der Waals surface area (Å²) in [5.41, 5.74) is 0.999. The van der Waals surface area contributed by atoms with Crippen molar-refractivity contribution in [3.05, 3.63) is 60.7 Å². The van der Waals surface area contributed by atoms with E-state index >= 15 is 0 Å². The summed E-state index contributed by atoms with van der Waals surface area (Å²) in [7, 11) is 0. The molecule has 0 aliphatic heterocycles. The summed E-state index contributed by atoms with van der Waals surface area (Å²) in [4.78, 5) is 11.7. The van der Waals surface area contributed by atoms with Crippen molar-refractivity contribution in [1.29, 1.82) is 0 Å². The molecule has 0 radical (unpaired) electrons. The monoisotopic (exact) mass is 340 g/mol. The van der Waals surface area contributed by atoms with Crippen molar-refractivity contribution in [2.45, 2.75) is 19.5 Å². The largest absolute Gasteiger partial charge is 0.305 e. The predicted octanol–water partition coefficient (Wildman–Crippen LogP) is 4.27. The third-order valence-corrected chi connectivity index (χ3v) is 4.25. The van der Waals surface area contributed by atoms with Gasteiger partial charge in [-0.2, -0.15) is 0 Å². The van der Waals surface area contributed by atoms with Gasteiger partial charge in [0.25, 0.3) is 5.69 Å². The highest BCUT2D eigenvalue weighted by Crippen LogP contribution is 2.23. The maximum atomic E-state index is 10.8. The summed E-state index contributed by atoms with van der Waals surface area (Å²) < 4.78 is 0.724. The molecule has 2 aromatic rings. The molecule has 1 heterocycles. The first-order valence-electron chi connectivity index (χ1n) is 5.77. The highest BCUT2D eigenvalue weighted by atomic mass is 79.9. The van der Waals surface area contributed by atoms with Crippen LogP contribution in [0.5, 0.6) is 0 Å². The number of hydrogen-bond acceptors (Lipinski definition) is 4. The third kappa shape index (κ3) is 3.86. The van der Waals surface area contributed by atoms with Crippen LogP contribution in [0.25, 0.3) is 0 Å². The Morgan fingerprint density at radius 2 is 2.26 bits per heavy atom. The Labute approximate surface area is 123 Å². The number of nitrogens with one attached hydrogen (secondary N) is 1. The molecule has 1 aromatic carbocycles. The molecule has 0 amide bonds. The van der Waals surface area contributed by atoms with Gasteiger partial charge in [0.1, 0.15) is 0 Å². The van der Waals surface area contributed by atoms with Gasteiger partial charge in [-0.1, -0.05) is 22.0 Å². The van der Waals surface area contributed by atoms with Gasteiger partial charge in [0.2, 0.25) is 0 Å². The van der Waals surface area contributed by atoms with Gasteiger partial charge in [-0.3, -0.25) is 10.1 Å². The predicted molar refractivity (Wildman–Crippen MR) is 80.4 cm³/mol. The zero-order valence-electron chi connectivity index (χ0n) is 10.3. The molecule has 1 N–H and O–H groups in total. The molecule has 0 saturated carbocycles. The zero-order valence-corrected chi connectivity index (χ0v) is 12.7. The quantitative estimate of drug-likeness (QED) is 0.653. The summed E-state index contributed by atoms with van der Waals surface area (Å²) in [5.74, 6) is 0. The number of benzene rings is 1. The second kappa shape index (κ2) is 6.27. The molecule has 0 spiro atoms. The summed E-state index contributed by atoms with van der Waals surface area (Å²) in [6.45, 7) is 2.68. The Hall–Kier alpha value is -1.24. The second-order valence-electron chi connectivity index (χ2n) is 4.19. The van der Waals surface area contributed by atoms with E-state index in [9.17, 15) is 10.1 Å². The van der Waals surface area contributed by atoms with Gasteiger partial charge < -0.3 is 5.32 Å². The highest BCUT2D eigenvalue weighted by Gasteiger charge is 2.10. The van der Waals surface area contributed by atoms with Crippen LogP contribution in [-0.2, 0) is 6.54 Å². The van der Waals surface area contributed by atoms with Crippen LogP contribution in [0.3, 0.4) is 0 Å². The van der Waals surface area contributed by atoms with Gasteiger partial charge in [-0.15, -0.1) is 11.3 Å². The molecule has 0 fully saturated rings. The van der Waals surface area contributed by atoms with Crippen LogP contribution < -0.4 is 5.32 Å². The van der Waals surface area contributed by atoms with Crippen molar-refractivity contribution in [3.63, 3.8) is 0 Å². The molecule has 0 bridgehead atoms. The zero-order chi connectivity index (χ0) is 13.8. The molecule has 2 rings (SSSR count). The SMILES string of the molecule is C[C@H](NCc1cc(Br)cc([N+](=O)[O-])c1)c1cccs1. The topological polar surface area (TPSA) is 55.2 Å². The van der Waals surface area contributed by atoms with E-state index in [0.29, 0.717) is 6.54 Å². The fraction of sp³-hybridized carbons (Fsp3) is 0.231. The molecular formula is C13H13BrN2O2S. The van der Waals surface area contributed by atoms with Gasteiger partial charge in [0, 0.05) is 34.1 Å². The number of nitro groups is 1. The van der Waals surface area contributed by atoms with Crippen LogP contribution in [0.1, 0.15) is 23.4 Å². The summed E-state index contributed by atoms with van der Waals surface area (Å²) >= 11 is 4.99. The first-order valence-corrected chi connectivity index (χ1v) is 7.44. The lowest BCUT2D eigenvalue weighted by molar-refractivity contribution is -0.385. The summed E-state index contributed by atoms with van der Waals surface area (Å²) in [6, 6.07) is 9.32. The molecule has 4 nitrogen and oxygen atoms in total. The summed E-state index contributed by atoms with van der Waals surface area (Å²) in [6.07, 6.45) is 0. The summed E-state index contributed by atoms with van der Waals surface area (Å²) in [5, 5.41) is 16.2. The van der Waals surface area contributed by atoms with Gasteiger partial charge in [-0.25, -0.2) is 0 Å². The van der Waals surface area contributed by atoms with Crippen LogP contribution in [0.15, 0.2) is 40.2 Å². The number of non-ortho nitro benzene ring substituents is 1. The van der Waals surface area contributed by atoms with Crippen molar-refractivity contribution in [2.75, 3.05) is 0 Å². The minimum absolute atomic E-state index is 0.106. The van der Waals surface area contributed by atoms with Crippen LogP contribution in [-0.4, -0.2) is 4.92 Å². The van der Waals surface area contributed by atoms with Crippen molar-refractivity contribution in [1.82, 2.24) is 5.32 Å². The first-order chi connectivity index (χ1) is 9.06. The van der Waals surface area contributed by atoms with Crippen LogP contribution in [0, 0.1) is 10.1 Å². The molecule has 6 heteroatoms. The van der Waals surface area contributed by atoms with E-state index in [2.05, 4.69) is 34.2 Å². The second-order valence-corrected chi connectivity index (χ2v) is 6.09. The normalized spacial score (nSPS) is 12.3. The third-order valence-electron chi connectivity index (χ3n) is 2.74. The average molecular weight is 341 g/mol. The molecule has 1 aromatic heterocycles. The van der Waals surface area contributed by atoms with Gasteiger partial charge in [0.05, 0.1) is 4.92 Å². The molecule has 1 atom stereocenters. The van der Waals surface area contributed by atoms with Gasteiger partial charge in [0.15, 0.2) is 0 Å². The average Bonchev–Trinajstić information content (AvgIpc) is 2.89. The molecule has 0 aliphatic carbocycles. The van der Waals surface area contributed by atoms with Crippen molar-refractivity contribution in [2.24, 2.45) is 0 Å². The van der Waals surface area contributed by atoms with E-state index in [0.717, 1.165) is 10.0 Å². The number of rotatable bonds is 5. The van der Waals surface area contributed by atoms with E-state index in [4.69, 9.17) is 0 Å². The lowest BCUT2D eigenvalue weighted by atomic mass is 10.2. The Morgan fingerprint density at radius 1 is 1.47 bits per heavy atom. The first kappa shape index (κ1) is 14.2. The number of nitro benzene ring substituents is 1. The van der Waals surface area contributed by atoms with E-state index in [1.165, 1.54) is 10.9 Å². The van der Waals surface area contributed by atoms with E-state index in [1.807, 2.05) is 17.5 Å². The Kier molecular flexibility index (Phi) is 4.68. The lowest BCUT2D eigenvalue weighted by Crippen LogP contribution is -2.17. The molecular weight excluding hydrogens is 328 g/mol. The van der Waals surface area contributed by atoms with Crippen LogP contribution in [0.4, 0.5) is 5.69 Å². The maximum Gasteiger partial charge on any atom is 0.270 e. The van der Waals surface area contributed by atoms with E-state index < -0.39 is 0 Å². The minimum Gasteiger partial charge on any atom is -0.305 e. The van der Waals surface area contributed by atoms with E-state index in [1.54, 1.807) is 17.4 Å². The van der Waals surface area contributed by atoms with Crippen molar-refractivity contribution < 1.29 is 4.92 Å². The maximum absolute atomic E-state index is 10.8. The molecule has 0 saturated heterocycles. The Morgan fingerprint density at radius 3 is 2.89 bits per heavy atom. The van der Waals surface area contributed by atoms with Crippen LogP contribution >= 0.6 is 27.3 Å². The Bertz CT molecular complexity index is 572. The fourth-order valence-corrected chi connectivity index (χ4v) is 3.04. The number of hydrogen-bond donors (Lipinski definition) is 1. The fourth-order valence-electron chi connectivity index (χ4n) is 1.75. The van der Waals surface area contributed by atoms with Crippen molar-refractivity contribution >= 4 is 33.0 Å². The highest BCUT2D eigenvalue weighted by molar-refractivity contribution is 9.10. The van der Waals surface area contributed by atoms with Gasteiger partial charge >= 0.3 is 0 Å². The molecule has 0 aliphatic rings. The number of halogens is 1. The smallest absolute Gasteiger partial charge is 0.270 e. The molecule has 100 valence electrons. The standard InChI is InChI=1S/C13H13BrN2O2S/c1-9(13-3-2-4-19-13)15-8-10-5-11(14)7-12(6-10)16(17)18/h2-7,9,15H,8H2,1H3/t9-/m0/s1. The number of nitrogens with zero attached hydrogens (tertiary/aromatic N) is 1. The van der Waals surface area contributed by atoms with Gasteiger partial charge in [-0.05, 0) is 30.0 Å². The minimum atomic E-state index is -0.378. The van der Waals surface area contributed by atoms with Crippen LogP contribution in [0.2, 0.25) is 0 Å². The Balaban J connectivity index is 2.05. The number of thiophene rings is 1. The van der Waals surface area contributed by atoms with E-state index in [-0.39, 0.29) is 16.7 Å². The lowest BCUT2D eigenvalue weighted by Gasteiger charge is -2.12. The molecule has 0 unspecified atom stereocenters.